The van der Waals surface area contributed by atoms with Gasteiger partial charge in [0.15, 0.2) is 0 Å². The third-order valence-electron chi connectivity index (χ3n) is 2.41. The van der Waals surface area contributed by atoms with Crippen LogP contribution >= 0.6 is 15.9 Å². The quantitative estimate of drug-likeness (QED) is 0.852. The molecule has 1 heterocycles. The molecule has 0 bridgehead atoms. The molecule has 0 spiro atoms. The van der Waals surface area contributed by atoms with Gasteiger partial charge >= 0.3 is 5.97 Å². The van der Waals surface area contributed by atoms with Crippen LogP contribution in [0, 0.1) is 0 Å². The minimum atomic E-state index is -0.966. The minimum Gasteiger partial charge on any atom is -0.480 e. The summed E-state index contributed by atoms with van der Waals surface area (Å²) in [5.74, 6) is -0.841. The van der Waals surface area contributed by atoms with Gasteiger partial charge in [-0.05, 0) is 42.0 Å². The summed E-state index contributed by atoms with van der Waals surface area (Å²) in [6.45, 7) is 1.51. The highest BCUT2D eigenvalue weighted by Gasteiger charge is 2.19. The van der Waals surface area contributed by atoms with Crippen molar-refractivity contribution in [3.8, 4) is 0 Å². The van der Waals surface area contributed by atoms with Crippen LogP contribution < -0.4 is 5.32 Å². The van der Waals surface area contributed by atoms with E-state index in [1.807, 2.05) is 0 Å². The standard InChI is InChI=1S/C11H14BrN3O3/c1-7(11(17)18)15(2)6-10(16)14-9-4-3-8(12)5-13-9/h3-5,7H,6H2,1-2H3,(H,17,18)(H,13,14,16). The number of carbonyl (C=O) groups excluding carboxylic acids is 1. The molecule has 0 aliphatic heterocycles. The van der Waals surface area contributed by atoms with Gasteiger partial charge in [-0.3, -0.25) is 14.5 Å². The molecule has 1 aromatic rings. The lowest BCUT2D eigenvalue weighted by atomic mass is 10.3. The van der Waals surface area contributed by atoms with Crippen LogP contribution in [-0.4, -0.2) is 46.5 Å². The Morgan fingerprint density at radius 1 is 1.56 bits per heavy atom. The molecule has 1 aromatic heterocycles. The lowest BCUT2D eigenvalue weighted by Gasteiger charge is -2.20. The van der Waals surface area contributed by atoms with Crippen molar-refractivity contribution in [3.05, 3.63) is 22.8 Å². The average Bonchev–Trinajstić information content (AvgIpc) is 2.30. The molecule has 1 unspecified atom stereocenters. The largest absolute Gasteiger partial charge is 0.480 e. The van der Waals surface area contributed by atoms with Crippen molar-refractivity contribution in [1.29, 1.82) is 0 Å². The number of rotatable bonds is 5. The van der Waals surface area contributed by atoms with Gasteiger partial charge in [0.05, 0.1) is 6.54 Å². The molecule has 1 amide bonds. The van der Waals surface area contributed by atoms with Crippen LogP contribution in [0.3, 0.4) is 0 Å². The molecular weight excluding hydrogens is 302 g/mol. The number of amides is 1. The third kappa shape index (κ3) is 4.42. The van der Waals surface area contributed by atoms with E-state index in [0.717, 1.165) is 4.47 Å². The molecular formula is C11H14BrN3O3. The van der Waals surface area contributed by atoms with E-state index in [2.05, 4.69) is 26.2 Å². The van der Waals surface area contributed by atoms with Crippen LogP contribution in [0.1, 0.15) is 6.92 Å². The van der Waals surface area contributed by atoms with E-state index in [-0.39, 0.29) is 12.5 Å². The fraction of sp³-hybridized carbons (Fsp3) is 0.364. The molecule has 98 valence electrons. The first kappa shape index (κ1) is 14.6. The van der Waals surface area contributed by atoms with Gasteiger partial charge in [0, 0.05) is 10.7 Å². The van der Waals surface area contributed by atoms with E-state index in [0.29, 0.717) is 5.82 Å². The van der Waals surface area contributed by atoms with E-state index < -0.39 is 12.0 Å². The zero-order valence-electron chi connectivity index (χ0n) is 10.1. The van der Waals surface area contributed by atoms with Gasteiger partial charge < -0.3 is 10.4 Å². The number of nitrogens with zero attached hydrogens (tertiary/aromatic N) is 2. The van der Waals surface area contributed by atoms with E-state index in [1.54, 1.807) is 25.4 Å². The van der Waals surface area contributed by atoms with Gasteiger partial charge in [0.2, 0.25) is 5.91 Å². The molecule has 7 heteroatoms. The first-order valence-corrected chi connectivity index (χ1v) is 6.04. The maximum Gasteiger partial charge on any atom is 0.320 e. The third-order valence-corrected chi connectivity index (χ3v) is 2.88. The minimum absolute atomic E-state index is 0.00872. The Labute approximate surface area is 113 Å². The highest BCUT2D eigenvalue weighted by molar-refractivity contribution is 9.10. The molecule has 0 saturated carbocycles. The number of likely N-dealkylation sites (N-methyl/N-ethyl adjacent to an activating group) is 1. The lowest BCUT2D eigenvalue weighted by Crippen LogP contribution is -2.40. The van der Waals surface area contributed by atoms with Crippen LogP contribution in [0.2, 0.25) is 0 Å². The Hall–Kier alpha value is -1.47. The second-order valence-corrected chi connectivity index (χ2v) is 4.75. The first-order chi connectivity index (χ1) is 8.40. The molecule has 0 saturated heterocycles. The van der Waals surface area contributed by atoms with E-state index in [4.69, 9.17) is 5.11 Å². The van der Waals surface area contributed by atoms with E-state index in [9.17, 15) is 9.59 Å². The molecule has 0 aliphatic rings. The normalized spacial score (nSPS) is 12.2. The number of carboxylic acids is 1. The number of carbonyl (C=O) groups is 2. The summed E-state index contributed by atoms with van der Waals surface area (Å²) in [5.41, 5.74) is 0. The fourth-order valence-corrected chi connectivity index (χ4v) is 1.42. The second-order valence-electron chi connectivity index (χ2n) is 3.84. The molecule has 2 N–H and O–H groups in total. The van der Waals surface area contributed by atoms with Gasteiger partial charge in [0.1, 0.15) is 11.9 Å². The van der Waals surface area contributed by atoms with Crippen LogP contribution in [0.5, 0.6) is 0 Å². The van der Waals surface area contributed by atoms with Crippen molar-refractivity contribution in [1.82, 2.24) is 9.88 Å². The fourth-order valence-electron chi connectivity index (χ4n) is 1.18. The molecule has 18 heavy (non-hydrogen) atoms. The van der Waals surface area contributed by atoms with Gasteiger partial charge in [-0.15, -0.1) is 0 Å². The summed E-state index contributed by atoms with van der Waals surface area (Å²) in [4.78, 5) is 27.8. The van der Waals surface area contributed by atoms with Gasteiger partial charge in [0.25, 0.3) is 0 Å². The molecule has 6 nitrogen and oxygen atoms in total. The maximum absolute atomic E-state index is 11.6. The van der Waals surface area contributed by atoms with Gasteiger partial charge in [-0.1, -0.05) is 0 Å². The maximum atomic E-state index is 11.6. The predicted octanol–water partition coefficient (Wildman–Crippen LogP) is 1.19. The van der Waals surface area contributed by atoms with Crippen LogP contribution in [0.4, 0.5) is 5.82 Å². The summed E-state index contributed by atoms with van der Waals surface area (Å²) in [5, 5.41) is 11.4. The van der Waals surface area contributed by atoms with Crippen molar-refractivity contribution < 1.29 is 14.7 Å². The number of nitrogens with one attached hydrogen (secondary N) is 1. The smallest absolute Gasteiger partial charge is 0.320 e. The summed E-state index contributed by atoms with van der Waals surface area (Å²) in [6, 6.07) is 2.70. The molecule has 1 atom stereocenters. The van der Waals surface area contributed by atoms with Crippen molar-refractivity contribution in [2.45, 2.75) is 13.0 Å². The predicted molar refractivity (Wildman–Crippen MR) is 70.3 cm³/mol. The van der Waals surface area contributed by atoms with Crippen molar-refractivity contribution in [3.63, 3.8) is 0 Å². The van der Waals surface area contributed by atoms with Gasteiger partial charge in [-0.2, -0.15) is 0 Å². The Morgan fingerprint density at radius 2 is 2.22 bits per heavy atom. The Bertz CT molecular complexity index is 436. The number of pyridine rings is 1. The zero-order chi connectivity index (χ0) is 13.7. The first-order valence-electron chi connectivity index (χ1n) is 5.24. The Morgan fingerprint density at radius 3 is 2.72 bits per heavy atom. The van der Waals surface area contributed by atoms with Crippen molar-refractivity contribution >= 4 is 33.6 Å². The summed E-state index contributed by atoms with van der Waals surface area (Å²) >= 11 is 3.24. The topological polar surface area (TPSA) is 82.5 Å². The van der Waals surface area contributed by atoms with Crippen LogP contribution in [0.25, 0.3) is 0 Å². The Balaban J connectivity index is 2.51. The van der Waals surface area contributed by atoms with Crippen molar-refractivity contribution in [2.75, 3.05) is 18.9 Å². The number of aliphatic carboxylic acids is 1. The highest BCUT2D eigenvalue weighted by Crippen LogP contribution is 2.10. The molecule has 0 aliphatic carbocycles. The summed E-state index contributed by atoms with van der Waals surface area (Å²) in [6.07, 6.45) is 1.57. The second kappa shape index (κ2) is 6.46. The SMILES string of the molecule is CC(C(=O)O)N(C)CC(=O)Nc1ccc(Br)cn1. The van der Waals surface area contributed by atoms with E-state index in [1.165, 1.54) is 11.8 Å². The number of hydrogen-bond donors (Lipinski definition) is 2. The molecule has 0 aromatic carbocycles. The zero-order valence-corrected chi connectivity index (χ0v) is 11.6. The Kier molecular flexibility index (Phi) is 5.24. The number of aromatic nitrogens is 1. The monoisotopic (exact) mass is 315 g/mol. The van der Waals surface area contributed by atoms with Crippen LogP contribution in [0.15, 0.2) is 22.8 Å². The number of anilines is 1. The summed E-state index contributed by atoms with van der Waals surface area (Å²) in [7, 11) is 1.58. The number of hydrogen-bond acceptors (Lipinski definition) is 4. The van der Waals surface area contributed by atoms with E-state index >= 15 is 0 Å². The summed E-state index contributed by atoms with van der Waals surface area (Å²) < 4.78 is 0.817. The molecule has 0 fully saturated rings. The van der Waals surface area contributed by atoms with Crippen molar-refractivity contribution in [2.24, 2.45) is 0 Å². The lowest BCUT2D eigenvalue weighted by molar-refractivity contribution is -0.142. The molecule has 0 radical (unpaired) electrons. The van der Waals surface area contributed by atoms with Crippen LogP contribution in [-0.2, 0) is 9.59 Å². The number of halogens is 1. The highest BCUT2D eigenvalue weighted by atomic mass is 79.9. The number of carboxylic acid groups (broad SMARTS) is 1. The van der Waals surface area contributed by atoms with Gasteiger partial charge in [-0.25, -0.2) is 4.98 Å². The molecule has 1 rings (SSSR count). The average molecular weight is 316 g/mol.